The van der Waals surface area contributed by atoms with E-state index in [0.717, 1.165) is 27.8 Å². The third-order valence-corrected chi connectivity index (χ3v) is 4.01. The van der Waals surface area contributed by atoms with E-state index in [2.05, 4.69) is 10.3 Å². The van der Waals surface area contributed by atoms with E-state index in [4.69, 9.17) is 4.98 Å². The second-order valence-electron chi connectivity index (χ2n) is 5.76. The molecule has 0 saturated carbocycles. The van der Waals surface area contributed by atoms with Gasteiger partial charge < -0.3 is 5.32 Å². The van der Waals surface area contributed by atoms with Crippen molar-refractivity contribution in [3.05, 3.63) is 90.2 Å². The lowest BCUT2D eigenvalue weighted by atomic mass is 10.1. The summed E-state index contributed by atoms with van der Waals surface area (Å²) in [5.74, 6) is 1.22. The van der Waals surface area contributed by atoms with Crippen molar-refractivity contribution < 1.29 is 4.39 Å². The van der Waals surface area contributed by atoms with Gasteiger partial charge in [0.05, 0.1) is 5.52 Å². The average molecular weight is 329 g/mol. The van der Waals surface area contributed by atoms with E-state index in [1.807, 2.05) is 54.6 Å². The van der Waals surface area contributed by atoms with Crippen LogP contribution in [0.2, 0.25) is 0 Å². The number of hydrogen-bond acceptors (Lipinski definition) is 3. The van der Waals surface area contributed by atoms with Gasteiger partial charge in [-0.25, -0.2) is 14.4 Å². The molecule has 25 heavy (non-hydrogen) atoms. The maximum atomic E-state index is 13.1. The predicted octanol–water partition coefficient (Wildman–Crippen LogP) is 5.05. The SMILES string of the molecule is Fc1ccc(CNc2nc(-c3ccccc3)nc3ccccc23)cc1. The minimum absolute atomic E-state index is 0.234. The van der Waals surface area contributed by atoms with Crippen LogP contribution in [0, 0.1) is 5.82 Å². The maximum absolute atomic E-state index is 13.1. The number of para-hydroxylation sites is 1. The van der Waals surface area contributed by atoms with Gasteiger partial charge in [0, 0.05) is 17.5 Å². The Labute approximate surface area is 145 Å². The summed E-state index contributed by atoms with van der Waals surface area (Å²) in [4.78, 5) is 9.38. The number of benzene rings is 3. The predicted molar refractivity (Wildman–Crippen MR) is 98.7 cm³/mol. The number of fused-ring (bicyclic) bond motifs is 1. The van der Waals surface area contributed by atoms with Gasteiger partial charge in [-0.15, -0.1) is 0 Å². The first-order chi connectivity index (χ1) is 12.3. The highest BCUT2D eigenvalue weighted by molar-refractivity contribution is 5.90. The fourth-order valence-corrected chi connectivity index (χ4v) is 2.72. The van der Waals surface area contributed by atoms with Crippen LogP contribution in [0.3, 0.4) is 0 Å². The number of aromatic nitrogens is 2. The van der Waals surface area contributed by atoms with Gasteiger partial charge in [0.1, 0.15) is 11.6 Å². The molecular weight excluding hydrogens is 313 g/mol. The monoisotopic (exact) mass is 329 g/mol. The second-order valence-corrected chi connectivity index (χ2v) is 5.76. The Bertz CT molecular complexity index is 998. The molecule has 0 aliphatic rings. The van der Waals surface area contributed by atoms with Crippen molar-refractivity contribution in [3.63, 3.8) is 0 Å². The van der Waals surface area contributed by atoms with Gasteiger partial charge in [-0.1, -0.05) is 54.6 Å². The molecule has 0 saturated heterocycles. The highest BCUT2D eigenvalue weighted by atomic mass is 19.1. The van der Waals surface area contributed by atoms with E-state index in [0.29, 0.717) is 12.4 Å². The molecule has 0 bridgehead atoms. The lowest BCUT2D eigenvalue weighted by Crippen LogP contribution is -2.04. The summed E-state index contributed by atoms with van der Waals surface area (Å²) < 4.78 is 13.1. The van der Waals surface area contributed by atoms with Gasteiger partial charge in [0.15, 0.2) is 5.82 Å². The number of nitrogens with one attached hydrogen (secondary N) is 1. The molecule has 4 rings (SSSR count). The Kier molecular flexibility index (Phi) is 4.09. The molecule has 4 aromatic rings. The van der Waals surface area contributed by atoms with Crippen LogP contribution >= 0.6 is 0 Å². The third kappa shape index (κ3) is 3.33. The van der Waals surface area contributed by atoms with E-state index in [1.54, 1.807) is 12.1 Å². The molecular formula is C21H16FN3. The molecule has 0 radical (unpaired) electrons. The van der Waals surface area contributed by atoms with Crippen molar-refractivity contribution in [1.29, 1.82) is 0 Å². The zero-order chi connectivity index (χ0) is 17.1. The van der Waals surface area contributed by atoms with Crippen LogP contribution in [0.5, 0.6) is 0 Å². The van der Waals surface area contributed by atoms with Crippen LogP contribution in [0.4, 0.5) is 10.2 Å². The van der Waals surface area contributed by atoms with Gasteiger partial charge in [0.25, 0.3) is 0 Å². The summed E-state index contributed by atoms with van der Waals surface area (Å²) >= 11 is 0. The Morgan fingerprint density at radius 2 is 1.48 bits per heavy atom. The van der Waals surface area contributed by atoms with Crippen molar-refractivity contribution in [2.24, 2.45) is 0 Å². The third-order valence-electron chi connectivity index (χ3n) is 4.01. The standard InChI is InChI=1S/C21H16FN3/c22-17-12-10-15(11-13-17)14-23-21-18-8-4-5-9-19(18)24-20(25-21)16-6-2-1-3-7-16/h1-13H,14H2,(H,23,24,25). The van der Waals surface area contributed by atoms with Crippen LogP contribution in [0.1, 0.15) is 5.56 Å². The average Bonchev–Trinajstić information content (AvgIpc) is 2.68. The molecule has 0 amide bonds. The zero-order valence-corrected chi connectivity index (χ0v) is 13.5. The van der Waals surface area contributed by atoms with E-state index < -0.39 is 0 Å². The van der Waals surface area contributed by atoms with Crippen LogP contribution in [-0.4, -0.2) is 9.97 Å². The van der Waals surface area contributed by atoms with Gasteiger partial charge >= 0.3 is 0 Å². The Morgan fingerprint density at radius 1 is 0.760 bits per heavy atom. The Balaban J connectivity index is 1.72. The smallest absolute Gasteiger partial charge is 0.162 e. The molecule has 0 aliphatic heterocycles. The van der Waals surface area contributed by atoms with Crippen molar-refractivity contribution >= 4 is 16.7 Å². The minimum Gasteiger partial charge on any atom is -0.365 e. The Hall–Kier alpha value is -3.27. The van der Waals surface area contributed by atoms with Crippen molar-refractivity contribution in [1.82, 2.24) is 9.97 Å². The molecule has 0 spiro atoms. The molecule has 3 nitrogen and oxygen atoms in total. The molecule has 4 heteroatoms. The van der Waals surface area contributed by atoms with E-state index in [-0.39, 0.29) is 5.82 Å². The Morgan fingerprint density at radius 3 is 2.28 bits per heavy atom. The summed E-state index contributed by atoms with van der Waals surface area (Å²) in [6, 6.07) is 24.3. The summed E-state index contributed by atoms with van der Waals surface area (Å²) in [5.41, 5.74) is 2.85. The molecule has 1 heterocycles. The zero-order valence-electron chi connectivity index (χ0n) is 13.5. The van der Waals surface area contributed by atoms with Gasteiger partial charge in [-0.2, -0.15) is 0 Å². The van der Waals surface area contributed by atoms with Gasteiger partial charge in [0.2, 0.25) is 0 Å². The van der Waals surface area contributed by atoms with Gasteiger partial charge in [-0.3, -0.25) is 0 Å². The normalized spacial score (nSPS) is 10.8. The lowest BCUT2D eigenvalue weighted by molar-refractivity contribution is 0.627. The first-order valence-corrected chi connectivity index (χ1v) is 8.10. The molecule has 1 N–H and O–H groups in total. The summed E-state index contributed by atoms with van der Waals surface area (Å²) in [7, 11) is 0. The van der Waals surface area contributed by atoms with Crippen molar-refractivity contribution in [2.75, 3.05) is 5.32 Å². The summed E-state index contributed by atoms with van der Waals surface area (Å²) in [6.07, 6.45) is 0. The number of nitrogens with zero attached hydrogens (tertiary/aromatic N) is 2. The van der Waals surface area contributed by atoms with Crippen molar-refractivity contribution in [2.45, 2.75) is 6.54 Å². The van der Waals surface area contributed by atoms with Crippen LogP contribution in [-0.2, 0) is 6.54 Å². The fraction of sp³-hybridized carbons (Fsp3) is 0.0476. The highest BCUT2D eigenvalue weighted by Gasteiger charge is 2.09. The van der Waals surface area contributed by atoms with Crippen molar-refractivity contribution in [3.8, 4) is 11.4 Å². The highest BCUT2D eigenvalue weighted by Crippen LogP contribution is 2.25. The number of anilines is 1. The summed E-state index contributed by atoms with van der Waals surface area (Å²) in [6.45, 7) is 0.565. The molecule has 0 aliphatic carbocycles. The van der Waals surface area contributed by atoms with E-state index >= 15 is 0 Å². The topological polar surface area (TPSA) is 37.8 Å². The van der Waals surface area contributed by atoms with E-state index in [1.165, 1.54) is 12.1 Å². The fourth-order valence-electron chi connectivity index (χ4n) is 2.72. The molecule has 0 unspecified atom stereocenters. The number of rotatable bonds is 4. The maximum Gasteiger partial charge on any atom is 0.162 e. The second kappa shape index (κ2) is 6.69. The molecule has 3 aromatic carbocycles. The van der Waals surface area contributed by atoms with Crippen LogP contribution in [0.25, 0.3) is 22.3 Å². The van der Waals surface area contributed by atoms with Gasteiger partial charge in [-0.05, 0) is 29.8 Å². The van der Waals surface area contributed by atoms with Crippen LogP contribution < -0.4 is 5.32 Å². The molecule has 0 fully saturated rings. The molecule has 122 valence electrons. The van der Waals surface area contributed by atoms with E-state index in [9.17, 15) is 4.39 Å². The lowest BCUT2D eigenvalue weighted by Gasteiger charge is -2.11. The molecule has 1 aromatic heterocycles. The quantitative estimate of drug-likeness (QED) is 0.569. The summed E-state index contributed by atoms with van der Waals surface area (Å²) in [5, 5.41) is 4.32. The first kappa shape index (κ1) is 15.3. The first-order valence-electron chi connectivity index (χ1n) is 8.10. The van der Waals surface area contributed by atoms with Crippen LogP contribution in [0.15, 0.2) is 78.9 Å². The largest absolute Gasteiger partial charge is 0.365 e. The minimum atomic E-state index is -0.234. The number of hydrogen-bond donors (Lipinski definition) is 1. The number of halogens is 1. The molecule has 0 atom stereocenters.